The highest BCUT2D eigenvalue weighted by molar-refractivity contribution is 5.84. The van der Waals surface area contributed by atoms with E-state index >= 15 is 0 Å². The molecule has 0 radical (unpaired) electrons. The number of hydrogen-bond acceptors (Lipinski definition) is 9. The van der Waals surface area contributed by atoms with E-state index in [1.807, 2.05) is 97.1 Å². The van der Waals surface area contributed by atoms with Crippen LogP contribution in [0.3, 0.4) is 0 Å². The van der Waals surface area contributed by atoms with E-state index in [4.69, 9.17) is 9.47 Å². The van der Waals surface area contributed by atoms with Crippen molar-refractivity contribution in [3.8, 4) is 0 Å². The van der Waals surface area contributed by atoms with Gasteiger partial charge in [0.15, 0.2) is 5.79 Å². The van der Waals surface area contributed by atoms with Gasteiger partial charge in [0.2, 0.25) is 0 Å². The van der Waals surface area contributed by atoms with Gasteiger partial charge < -0.3 is 29.6 Å². The minimum absolute atomic E-state index is 0.102. The first-order valence-electron chi connectivity index (χ1n) is 25.1. The van der Waals surface area contributed by atoms with E-state index in [-0.39, 0.29) is 60.3 Å². The van der Waals surface area contributed by atoms with Crippen LogP contribution in [0.25, 0.3) is 0 Å². The summed E-state index contributed by atoms with van der Waals surface area (Å²) in [5.74, 6) is 2.21. The van der Waals surface area contributed by atoms with Crippen molar-refractivity contribution < 1.29 is 44.0 Å². The zero-order valence-corrected chi connectivity index (χ0v) is 39.1. The number of ketones is 3. The Morgan fingerprint density at radius 1 is 0.582 bits per heavy atom. The molecule has 2 bridgehead atoms. The van der Waals surface area contributed by atoms with Crippen molar-refractivity contribution in [2.75, 3.05) is 26.4 Å². The Hall–Kier alpha value is -4.64. The van der Waals surface area contributed by atoms with Crippen LogP contribution in [0.5, 0.6) is 0 Å². The summed E-state index contributed by atoms with van der Waals surface area (Å²) in [7, 11) is 0. The van der Waals surface area contributed by atoms with E-state index in [1.165, 1.54) is 11.1 Å². The van der Waals surface area contributed by atoms with Gasteiger partial charge >= 0.3 is 0 Å². The summed E-state index contributed by atoms with van der Waals surface area (Å²) in [5, 5.41) is 29.6. The summed E-state index contributed by atoms with van der Waals surface area (Å²) < 4.78 is 11.7. The third-order valence-electron chi connectivity index (χ3n) is 15.6. The number of carbonyl (C=O) groups excluding carboxylic acids is 4. The number of hydrogen-bond donors (Lipinski definition) is 3. The van der Waals surface area contributed by atoms with E-state index in [0.717, 1.165) is 88.0 Å². The molecule has 3 N–H and O–H groups in total. The van der Waals surface area contributed by atoms with Gasteiger partial charge in [-0.1, -0.05) is 121 Å². The van der Waals surface area contributed by atoms with Gasteiger partial charge in [-0.25, -0.2) is 0 Å². The van der Waals surface area contributed by atoms with Crippen LogP contribution in [0.4, 0.5) is 0 Å². The van der Waals surface area contributed by atoms with Gasteiger partial charge in [-0.05, 0) is 97.3 Å². The molecule has 6 aliphatic carbocycles. The summed E-state index contributed by atoms with van der Waals surface area (Å²) in [4.78, 5) is 45.7. The first-order valence-corrected chi connectivity index (χ1v) is 25.1. The zero-order valence-electron chi connectivity index (χ0n) is 39.1. The quantitative estimate of drug-likeness (QED) is 0.132. The van der Waals surface area contributed by atoms with E-state index in [1.54, 1.807) is 0 Å². The first-order chi connectivity index (χ1) is 32.7. The summed E-state index contributed by atoms with van der Waals surface area (Å²) in [6, 6.07) is 40.3. The monoisotopic (exact) mass is 913 g/mol. The van der Waals surface area contributed by atoms with Crippen LogP contribution in [0.2, 0.25) is 0 Å². The maximum absolute atomic E-state index is 11.7. The van der Waals surface area contributed by atoms with E-state index in [0.29, 0.717) is 68.2 Å². The predicted molar refractivity (Wildman–Crippen MR) is 259 cm³/mol. The maximum atomic E-state index is 11.7. The molecule has 1 spiro atoms. The molecule has 1 saturated heterocycles. The highest BCUT2D eigenvalue weighted by Crippen LogP contribution is 2.48. The van der Waals surface area contributed by atoms with Gasteiger partial charge in [0.05, 0.1) is 32.5 Å². The lowest BCUT2D eigenvalue weighted by molar-refractivity contribution is -0.189. The summed E-state index contributed by atoms with van der Waals surface area (Å²) in [6.45, 7) is 1.76. The molecule has 4 aromatic rings. The molecule has 10 atom stereocenters. The highest BCUT2D eigenvalue weighted by atomic mass is 16.7. The first kappa shape index (κ1) is 50.2. The minimum Gasteiger partial charge on any atom is -0.396 e. The van der Waals surface area contributed by atoms with Gasteiger partial charge in [0.1, 0.15) is 23.6 Å². The summed E-state index contributed by atoms with van der Waals surface area (Å²) >= 11 is 0. The molecular formula is C58H72O9. The average molecular weight is 913 g/mol. The van der Waals surface area contributed by atoms with E-state index < -0.39 is 6.10 Å². The number of benzene rings is 4. The average Bonchev–Trinajstić information content (AvgIpc) is 3.81. The van der Waals surface area contributed by atoms with Crippen LogP contribution in [0.1, 0.15) is 142 Å². The van der Waals surface area contributed by atoms with Crippen LogP contribution < -0.4 is 0 Å². The Balaban J connectivity index is 0.000000133. The van der Waals surface area contributed by atoms with Crippen molar-refractivity contribution in [1.29, 1.82) is 0 Å². The molecule has 9 heteroatoms. The number of aldehydes is 1. The molecule has 0 aromatic heterocycles. The molecule has 0 amide bonds. The van der Waals surface area contributed by atoms with E-state index in [2.05, 4.69) is 24.3 Å². The second kappa shape index (κ2) is 25.1. The fraction of sp³-hybridized carbons (Fsp3) is 0.517. The predicted octanol–water partition coefficient (Wildman–Crippen LogP) is 10.1. The van der Waals surface area contributed by atoms with Gasteiger partial charge in [-0.2, -0.15) is 0 Å². The number of fused-ring (bicyclic) bond motifs is 3. The van der Waals surface area contributed by atoms with Gasteiger partial charge in [0, 0.05) is 74.5 Å². The Morgan fingerprint density at radius 3 is 1.58 bits per heavy atom. The molecule has 6 saturated carbocycles. The Kier molecular flexibility index (Phi) is 18.8. The van der Waals surface area contributed by atoms with Gasteiger partial charge in [-0.3, -0.25) is 14.4 Å². The molecule has 10 unspecified atom stereocenters. The molecular weight excluding hydrogens is 841 g/mol. The summed E-state index contributed by atoms with van der Waals surface area (Å²) in [5.41, 5.74) is 4.61. The number of carbonyl (C=O) groups is 4. The van der Waals surface area contributed by atoms with Crippen molar-refractivity contribution in [3.05, 3.63) is 144 Å². The Bertz CT molecular complexity index is 2120. The Labute approximate surface area is 397 Å². The van der Waals surface area contributed by atoms with Crippen LogP contribution in [-0.4, -0.2) is 77.3 Å². The number of aliphatic hydroxyl groups is 3. The molecule has 11 rings (SSSR count). The second-order valence-electron chi connectivity index (χ2n) is 19.8. The van der Waals surface area contributed by atoms with Gasteiger partial charge in [0.25, 0.3) is 0 Å². The summed E-state index contributed by atoms with van der Waals surface area (Å²) in [6.07, 6.45) is 13.9. The lowest BCUT2D eigenvalue weighted by atomic mass is 9.60. The highest BCUT2D eigenvalue weighted by Gasteiger charge is 2.48. The SMILES string of the molecule is O=C1CC2CCC1C(O)C2c1ccccc1.O=C1CCCC(C(CO)c2ccccc2)C1.O=CC(c1ccccc1)C1CCCC(=O)C1.OCC(c1ccccc1)C1CCCC2(C1)OCCO2. The zero-order chi connectivity index (χ0) is 47.0. The van der Waals surface area contributed by atoms with Crippen molar-refractivity contribution in [2.24, 2.45) is 29.6 Å². The number of rotatable bonds is 10. The van der Waals surface area contributed by atoms with Crippen molar-refractivity contribution in [2.45, 2.75) is 132 Å². The molecule has 9 nitrogen and oxygen atoms in total. The smallest absolute Gasteiger partial charge is 0.168 e. The van der Waals surface area contributed by atoms with E-state index in [9.17, 15) is 34.5 Å². The standard InChI is InChI=1S/C16H22O3.C14H16O2.C14H18O2.C14H16O2/c17-12-15(13-5-2-1-3-6-13)14-7-4-8-16(11-14)18-9-10-19-16;15-12-8-10-6-7-11(12)14(16)13(10)9-4-2-1-3-5-9;2*15-10-14(11-5-2-1-3-6-11)12-7-4-8-13(16)9-12/h1-3,5-6,14-15,17H,4,7-12H2;1-5,10-11,13-14,16H,6-8H2;1-3,5-6,12,14-15H,4,7-10H2;1-3,5-6,10,12,14H,4,7-9H2. The molecule has 1 aliphatic heterocycles. The van der Waals surface area contributed by atoms with Crippen molar-refractivity contribution in [3.63, 3.8) is 0 Å². The number of Topliss-reactive ketones (excluding diaryl/α,β-unsaturated/α-hetero) is 3. The largest absolute Gasteiger partial charge is 0.396 e. The molecule has 67 heavy (non-hydrogen) atoms. The molecule has 7 fully saturated rings. The fourth-order valence-electron chi connectivity index (χ4n) is 12.1. The van der Waals surface area contributed by atoms with Crippen molar-refractivity contribution in [1.82, 2.24) is 0 Å². The molecule has 7 aliphatic rings. The van der Waals surface area contributed by atoms with Crippen LogP contribution >= 0.6 is 0 Å². The Morgan fingerprint density at radius 2 is 1.07 bits per heavy atom. The third kappa shape index (κ3) is 13.3. The topological polar surface area (TPSA) is 147 Å². The van der Waals surface area contributed by atoms with Crippen molar-refractivity contribution >= 4 is 23.6 Å². The number of aliphatic hydroxyl groups excluding tert-OH is 3. The fourth-order valence-corrected chi connectivity index (χ4v) is 12.1. The maximum Gasteiger partial charge on any atom is 0.168 e. The normalized spacial score (nSPS) is 27.7. The minimum atomic E-state index is -0.456. The number of ether oxygens (including phenoxy) is 2. The molecule has 1 heterocycles. The lowest BCUT2D eigenvalue weighted by Gasteiger charge is -2.45. The lowest BCUT2D eigenvalue weighted by Crippen LogP contribution is -2.47. The van der Waals surface area contributed by atoms with Crippen LogP contribution in [0, 0.1) is 29.6 Å². The van der Waals surface area contributed by atoms with Crippen LogP contribution in [-0.2, 0) is 28.7 Å². The second-order valence-corrected chi connectivity index (χ2v) is 19.8. The van der Waals surface area contributed by atoms with Crippen LogP contribution in [0.15, 0.2) is 121 Å². The van der Waals surface area contributed by atoms with Gasteiger partial charge in [-0.15, -0.1) is 0 Å². The molecule has 358 valence electrons. The molecule has 4 aromatic carbocycles. The third-order valence-corrected chi connectivity index (χ3v) is 15.6.